The van der Waals surface area contributed by atoms with Gasteiger partial charge in [0.15, 0.2) is 0 Å². The average molecular weight is 250 g/mol. The third kappa shape index (κ3) is 1.61. The Morgan fingerprint density at radius 3 is 2.79 bits per heavy atom. The van der Waals surface area contributed by atoms with E-state index in [1.165, 1.54) is 54.0 Å². The summed E-state index contributed by atoms with van der Waals surface area (Å²) in [6.45, 7) is 0. The largest absolute Gasteiger partial charge is 0.497 e. The Balaban J connectivity index is 1.97. The van der Waals surface area contributed by atoms with Gasteiger partial charge in [0.2, 0.25) is 0 Å². The van der Waals surface area contributed by atoms with Crippen LogP contribution in [0.1, 0.15) is 36.8 Å². The summed E-state index contributed by atoms with van der Waals surface area (Å²) in [6, 6.07) is 11.0. The predicted molar refractivity (Wildman–Crippen MR) is 79.6 cm³/mol. The number of hydrogen-bond acceptors (Lipinski definition) is 1. The number of ether oxygens (including phenoxy) is 1. The van der Waals surface area contributed by atoms with E-state index in [0.29, 0.717) is 0 Å². The normalized spacial score (nSPS) is 17.5. The van der Waals surface area contributed by atoms with Gasteiger partial charge in [-0.1, -0.05) is 23.8 Å². The summed E-state index contributed by atoms with van der Waals surface area (Å²) in [5.74, 6) is 0.947. The first-order valence-corrected chi connectivity index (χ1v) is 7.18. The zero-order valence-electron chi connectivity index (χ0n) is 11.3. The van der Waals surface area contributed by atoms with Crippen molar-refractivity contribution in [1.82, 2.24) is 0 Å². The monoisotopic (exact) mass is 250 g/mol. The third-order valence-corrected chi connectivity index (χ3v) is 4.60. The molecule has 0 amide bonds. The molecule has 2 aliphatic carbocycles. The minimum absolute atomic E-state index is 0.947. The Labute approximate surface area is 113 Å². The lowest BCUT2D eigenvalue weighted by molar-refractivity contribution is 0.415. The molecule has 0 radical (unpaired) electrons. The first-order chi connectivity index (χ1) is 9.36. The molecule has 1 heteroatoms. The quantitative estimate of drug-likeness (QED) is 0.710. The molecule has 0 spiro atoms. The molecule has 96 valence electrons. The lowest BCUT2D eigenvalue weighted by Crippen LogP contribution is -1.94. The molecule has 0 saturated heterocycles. The molecule has 0 saturated carbocycles. The van der Waals surface area contributed by atoms with Crippen molar-refractivity contribution in [2.75, 3.05) is 7.11 Å². The van der Waals surface area contributed by atoms with Gasteiger partial charge in [-0.2, -0.15) is 0 Å². The Bertz CT molecular complexity index is 694. The van der Waals surface area contributed by atoms with E-state index in [2.05, 4.69) is 30.3 Å². The first kappa shape index (κ1) is 11.1. The number of allylic oxidation sites excluding steroid dienone is 2. The average Bonchev–Trinajstić information content (AvgIpc) is 2.85. The lowest BCUT2D eigenvalue weighted by Gasteiger charge is -2.15. The molecule has 0 aromatic heterocycles. The summed E-state index contributed by atoms with van der Waals surface area (Å²) in [4.78, 5) is 0. The van der Waals surface area contributed by atoms with Crippen LogP contribution in [0.15, 0.2) is 35.9 Å². The number of benzene rings is 2. The molecule has 0 N–H and O–H groups in total. The first-order valence-electron chi connectivity index (χ1n) is 7.18. The van der Waals surface area contributed by atoms with Gasteiger partial charge in [0, 0.05) is 0 Å². The summed E-state index contributed by atoms with van der Waals surface area (Å²) in [6.07, 6.45) is 6.49. The molecule has 1 nitrogen and oxygen atoms in total. The van der Waals surface area contributed by atoms with Gasteiger partial charge >= 0.3 is 0 Å². The molecule has 0 aliphatic heterocycles. The van der Waals surface area contributed by atoms with Crippen LogP contribution in [0.2, 0.25) is 0 Å². The predicted octanol–water partition coefficient (Wildman–Crippen LogP) is 4.73. The fourth-order valence-corrected chi connectivity index (χ4v) is 3.68. The van der Waals surface area contributed by atoms with Gasteiger partial charge in [0.25, 0.3) is 0 Å². The van der Waals surface area contributed by atoms with Crippen LogP contribution in [0.5, 0.6) is 5.75 Å². The molecule has 4 rings (SSSR count). The molecule has 2 aliphatic rings. The maximum Gasteiger partial charge on any atom is 0.119 e. The van der Waals surface area contributed by atoms with Crippen LogP contribution in [-0.4, -0.2) is 7.11 Å². The van der Waals surface area contributed by atoms with E-state index in [1.54, 1.807) is 18.3 Å². The SMILES string of the molecule is COc1ccc2c3c(ccc2c1)CC1=C3CCCC1. The smallest absolute Gasteiger partial charge is 0.119 e. The van der Waals surface area contributed by atoms with Crippen LogP contribution in [0.3, 0.4) is 0 Å². The molecule has 19 heavy (non-hydrogen) atoms. The number of methoxy groups -OCH3 is 1. The van der Waals surface area contributed by atoms with Gasteiger partial charge < -0.3 is 4.74 Å². The molecule has 0 atom stereocenters. The van der Waals surface area contributed by atoms with Gasteiger partial charge in [0.05, 0.1) is 7.11 Å². The maximum atomic E-state index is 5.34. The van der Waals surface area contributed by atoms with Gasteiger partial charge in [-0.05, 0) is 71.7 Å². The number of rotatable bonds is 1. The van der Waals surface area contributed by atoms with Crippen molar-refractivity contribution in [2.45, 2.75) is 32.1 Å². The van der Waals surface area contributed by atoms with E-state index in [1.807, 2.05) is 0 Å². The van der Waals surface area contributed by atoms with E-state index < -0.39 is 0 Å². The Morgan fingerprint density at radius 2 is 1.89 bits per heavy atom. The van der Waals surface area contributed by atoms with Crippen LogP contribution >= 0.6 is 0 Å². The minimum Gasteiger partial charge on any atom is -0.497 e. The Hall–Kier alpha value is -1.76. The van der Waals surface area contributed by atoms with Crippen LogP contribution in [-0.2, 0) is 6.42 Å². The fraction of sp³-hybridized carbons (Fsp3) is 0.333. The van der Waals surface area contributed by atoms with E-state index >= 15 is 0 Å². The van der Waals surface area contributed by atoms with E-state index in [9.17, 15) is 0 Å². The van der Waals surface area contributed by atoms with Crippen molar-refractivity contribution >= 4 is 16.3 Å². The fourth-order valence-electron chi connectivity index (χ4n) is 3.68. The second-order valence-electron chi connectivity index (χ2n) is 5.65. The highest BCUT2D eigenvalue weighted by Gasteiger charge is 2.25. The van der Waals surface area contributed by atoms with Crippen molar-refractivity contribution in [2.24, 2.45) is 0 Å². The summed E-state index contributed by atoms with van der Waals surface area (Å²) < 4.78 is 5.34. The van der Waals surface area contributed by atoms with E-state index in [-0.39, 0.29) is 0 Å². The number of fused-ring (bicyclic) bond motifs is 4. The highest BCUT2D eigenvalue weighted by molar-refractivity contribution is 5.98. The van der Waals surface area contributed by atoms with Crippen molar-refractivity contribution < 1.29 is 4.74 Å². The molecular weight excluding hydrogens is 232 g/mol. The molecule has 0 heterocycles. The number of hydrogen-bond donors (Lipinski definition) is 0. The summed E-state index contributed by atoms with van der Waals surface area (Å²) in [5.41, 5.74) is 6.42. The Morgan fingerprint density at radius 1 is 1.00 bits per heavy atom. The summed E-state index contributed by atoms with van der Waals surface area (Å²) >= 11 is 0. The van der Waals surface area contributed by atoms with Gasteiger partial charge in [0.1, 0.15) is 5.75 Å². The standard InChI is InChI=1S/C18H18O/c1-19-15-8-9-17-13(11-15)6-7-14-10-12-4-2-3-5-16(12)18(14)17/h6-9,11H,2-5,10H2,1H3. The zero-order valence-corrected chi connectivity index (χ0v) is 11.3. The van der Waals surface area contributed by atoms with Crippen LogP contribution < -0.4 is 4.74 Å². The van der Waals surface area contributed by atoms with Crippen LogP contribution in [0.4, 0.5) is 0 Å². The second-order valence-corrected chi connectivity index (χ2v) is 5.65. The summed E-state index contributed by atoms with van der Waals surface area (Å²) in [5, 5.41) is 2.71. The highest BCUT2D eigenvalue weighted by atomic mass is 16.5. The van der Waals surface area contributed by atoms with Crippen molar-refractivity contribution in [3.8, 4) is 5.75 Å². The van der Waals surface area contributed by atoms with Crippen LogP contribution in [0, 0.1) is 0 Å². The Kier molecular flexibility index (Phi) is 2.41. The summed E-state index contributed by atoms with van der Waals surface area (Å²) in [7, 11) is 1.73. The minimum atomic E-state index is 0.947. The molecular formula is C18H18O. The molecule has 2 aromatic rings. The van der Waals surface area contributed by atoms with Crippen molar-refractivity contribution in [3.05, 3.63) is 47.0 Å². The van der Waals surface area contributed by atoms with Gasteiger partial charge in [-0.25, -0.2) is 0 Å². The zero-order chi connectivity index (χ0) is 12.8. The van der Waals surface area contributed by atoms with Crippen molar-refractivity contribution in [3.63, 3.8) is 0 Å². The van der Waals surface area contributed by atoms with Gasteiger partial charge in [-0.15, -0.1) is 0 Å². The van der Waals surface area contributed by atoms with Crippen LogP contribution in [0.25, 0.3) is 16.3 Å². The van der Waals surface area contributed by atoms with Crippen molar-refractivity contribution in [1.29, 1.82) is 0 Å². The third-order valence-electron chi connectivity index (χ3n) is 4.60. The van der Waals surface area contributed by atoms with Gasteiger partial charge in [-0.3, -0.25) is 0 Å². The molecule has 0 unspecified atom stereocenters. The second kappa shape index (κ2) is 4.12. The topological polar surface area (TPSA) is 9.23 Å². The molecule has 2 aromatic carbocycles. The van der Waals surface area contributed by atoms with E-state index in [4.69, 9.17) is 4.74 Å². The highest BCUT2D eigenvalue weighted by Crippen LogP contribution is 2.44. The lowest BCUT2D eigenvalue weighted by atomic mass is 9.90. The maximum absolute atomic E-state index is 5.34. The van der Waals surface area contributed by atoms with E-state index in [0.717, 1.165) is 5.75 Å². The molecule has 0 bridgehead atoms. The molecule has 0 fully saturated rings.